The first-order valence-corrected chi connectivity index (χ1v) is 6.13. The Bertz CT molecular complexity index is 753. The smallest absolute Gasteiger partial charge is 0.295 e. The highest BCUT2D eigenvalue weighted by atomic mass is 19.1. The first kappa shape index (κ1) is 14.5. The van der Waals surface area contributed by atoms with Crippen LogP contribution in [0.4, 0.5) is 21.5 Å². The average molecular weight is 285 g/mol. The van der Waals surface area contributed by atoms with E-state index in [1.54, 1.807) is 31.3 Å². The molecule has 0 heterocycles. The SMILES string of the molecule is Cc1cc(N(C)c2ccccc2C#N)c([N+](=O)[O-])cc1F. The van der Waals surface area contributed by atoms with Crippen LogP contribution in [0.2, 0.25) is 0 Å². The van der Waals surface area contributed by atoms with Crippen LogP contribution in [0.3, 0.4) is 0 Å². The lowest BCUT2D eigenvalue weighted by atomic mass is 10.1. The Labute approximate surface area is 121 Å². The standard InChI is InChI=1S/C15H12FN3O2/c1-10-7-14(15(19(20)21)8-12(10)16)18(2)13-6-4-3-5-11(13)9-17/h3-8H,1-2H3. The van der Waals surface area contributed by atoms with Crippen LogP contribution in [0.15, 0.2) is 36.4 Å². The fourth-order valence-electron chi connectivity index (χ4n) is 2.06. The molecule has 0 N–H and O–H groups in total. The fraction of sp³-hybridized carbons (Fsp3) is 0.133. The summed E-state index contributed by atoms with van der Waals surface area (Å²) in [6, 6.07) is 11.1. The molecule has 21 heavy (non-hydrogen) atoms. The van der Waals surface area contributed by atoms with Crippen LogP contribution < -0.4 is 4.90 Å². The van der Waals surface area contributed by atoms with E-state index in [0.29, 0.717) is 16.8 Å². The molecule has 0 saturated carbocycles. The van der Waals surface area contributed by atoms with Crippen molar-refractivity contribution < 1.29 is 9.31 Å². The maximum Gasteiger partial charge on any atom is 0.295 e. The second-order valence-electron chi connectivity index (χ2n) is 4.54. The summed E-state index contributed by atoms with van der Waals surface area (Å²) < 4.78 is 13.6. The minimum Gasteiger partial charge on any atom is -0.338 e. The molecule has 6 heteroatoms. The molecule has 2 rings (SSSR count). The van der Waals surface area contributed by atoms with Crippen molar-refractivity contribution in [2.75, 3.05) is 11.9 Å². The van der Waals surface area contributed by atoms with Crippen molar-refractivity contribution >= 4 is 17.1 Å². The zero-order chi connectivity index (χ0) is 15.6. The van der Waals surface area contributed by atoms with Gasteiger partial charge in [0.2, 0.25) is 0 Å². The van der Waals surface area contributed by atoms with Gasteiger partial charge in [-0.2, -0.15) is 5.26 Å². The Morgan fingerprint density at radius 2 is 1.95 bits per heavy atom. The number of nitriles is 1. The van der Waals surface area contributed by atoms with Crippen molar-refractivity contribution in [2.45, 2.75) is 6.92 Å². The van der Waals surface area contributed by atoms with Gasteiger partial charge < -0.3 is 4.90 Å². The highest BCUT2D eigenvalue weighted by Gasteiger charge is 2.22. The predicted molar refractivity (Wildman–Crippen MR) is 77.0 cm³/mol. The van der Waals surface area contributed by atoms with E-state index in [0.717, 1.165) is 6.07 Å². The van der Waals surface area contributed by atoms with Gasteiger partial charge in [0.1, 0.15) is 17.6 Å². The lowest BCUT2D eigenvalue weighted by Crippen LogP contribution is -2.13. The van der Waals surface area contributed by atoms with Crippen LogP contribution in [0.5, 0.6) is 0 Å². The molecular formula is C15H12FN3O2. The van der Waals surface area contributed by atoms with Crippen LogP contribution >= 0.6 is 0 Å². The Kier molecular flexibility index (Phi) is 3.85. The van der Waals surface area contributed by atoms with Gasteiger partial charge in [-0.05, 0) is 30.7 Å². The molecule has 0 aliphatic heterocycles. The van der Waals surface area contributed by atoms with Crippen molar-refractivity contribution in [3.05, 3.63) is 63.5 Å². The van der Waals surface area contributed by atoms with Crippen molar-refractivity contribution in [3.8, 4) is 6.07 Å². The second kappa shape index (κ2) is 5.59. The zero-order valence-electron chi connectivity index (χ0n) is 11.5. The number of aryl methyl sites for hydroxylation is 1. The van der Waals surface area contributed by atoms with Gasteiger partial charge in [0, 0.05) is 7.05 Å². The number of hydrogen-bond acceptors (Lipinski definition) is 4. The van der Waals surface area contributed by atoms with E-state index < -0.39 is 10.7 Å². The molecule has 0 fully saturated rings. The lowest BCUT2D eigenvalue weighted by molar-refractivity contribution is -0.384. The molecule has 2 aromatic rings. The van der Waals surface area contributed by atoms with Crippen molar-refractivity contribution in [2.24, 2.45) is 0 Å². The van der Waals surface area contributed by atoms with Crippen molar-refractivity contribution in [1.82, 2.24) is 0 Å². The van der Waals surface area contributed by atoms with Gasteiger partial charge in [-0.25, -0.2) is 4.39 Å². The predicted octanol–water partition coefficient (Wildman–Crippen LogP) is 3.68. The third-order valence-electron chi connectivity index (χ3n) is 3.20. The first-order valence-electron chi connectivity index (χ1n) is 6.13. The normalized spacial score (nSPS) is 10.0. The summed E-state index contributed by atoms with van der Waals surface area (Å²) in [7, 11) is 1.61. The van der Waals surface area contributed by atoms with Gasteiger partial charge in [0.05, 0.1) is 22.2 Å². The number of nitrogens with zero attached hydrogens (tertiary/aromatic N) is 3. The van der Waals surface area contributed by atoms with Gasteiger partial charge in [-0.15, -0.1) is 0 Å². The van der Waals surface area contributed by atoms with E-state index in [2.05, 4.69) is 0 Å². The minimum absolute atomic E-state index is 0.238. The van der Waals surface area contributed by atoms with Crippen LogP contribution in [0.25, 0.3) is 0 Å². The van der Waals surface area contributed by atoms with Gasteiger partial charge in [-0.3, -0.25) is 10.1 Å². The maximum absolute atomic E-state index is 13.6. The molecule has 0 unspecified atom stereocenters. The topological polar surface area (TPSA) is 70.2 Å². The number of nitro benzene ring substituents is 1. The molecule has 5 nitrogen and oxygen atoms in total. The minimum atomic E-state index is -0.636. The third kappa shape index (κ3) is 2.67. The second-order valence-corrected chi connectivity index (χ2v) is 4.54. The fourth-order valence-corrected chi connectivity index (χ4v) is 2.06. The van der Waals surface area contributed by atoms with Crippen LogP contribution in [0.1, 0.15) is 11.1 Å². The lowest BCUT2D eigenvalue weighted by Gasteiger charge is -2.21. The highest BCUT2D eigenvalue weighted by molar-refractivity contribution is 5.75. The van der Waals surface area contributed by atoms with Gasteiger partial charge in [0.25, 0.3) is 5.69 Å². The van der Waals surface area contributed by atoms with E-state index in [1.807, 2.05) is 6.07 Å². The Morgan fingerprint density at radius 3 is 2.57 bits per heavy atom. The molecule has 0 bridgehead atoms. The number of hydrogen-bond donors (Lipinski definition) is 0. The summed E-state index contributed by atoms with van der Waals surface area (Å²) in [4.78, 5) is 12.0. The quantitative estimate of drug-likeness (QED) is 0.637. The molecule has 2 aromatic carbocycles. The number of halogens is 1. The molecule has 0 radical (unpaired) electrons. The number of para-hydroxylation sites is 1. The van der Waals surface area contributed by atoms with Crippen molar-refractivity contribution in [1.29, 1.82) is 5.26 Å². The number of rotatable bonds is 3. The monoisotopic (exact) mass is 285 g/mol. The van der Waals surface area contributed by atoms with Crippen molar-refractivity contribution in [3.63, 3.8) is 0 Å². The van der Waals surface area contributed by atoms with Gasteiger partial charge in [0.15, 0.2) is 0 Å². The van der Waals surface area contributed by atoms with E-state index in [-0.39, 0.29) is 11.4 Å². The van der Waals surface area contributed by atoms with Crippen LogP contribution in [-0.2, 0) is 0 Å². The summed E-state index contributed by atoms with van der Waals surface area (Å²) in [6.45, 7) is 1.53. The highest BCUT2D eigenvalue weighted by Crippen LogP contribution is 2.35. The van der Waals surface area contributed by atoms with E-state index in [1.165, 1.54) is 17.9 Å². The van der Waals surface area contributed by atoms with E-state index in [9.17, 15) is 14.5 Å². The largest absolute Gasteiger partial charge is 0.338 e. The molecule has 0 aliphatic carbocycles. The Balaban J connectivity index is 2.63. The number of benzene rings is 2. The molecular weight excluding hydrogens is 273 g/mol. The molecule has 0 aromatic heterocycles. The molecule has 0 aliphatic rings. The maximum atomic E-state index is 13.6. The van der Waals surface area contributed by atoms with Gasteiger partial charge >= 0.3 is 0 Å². The average Bonchev–Trinajstić information content (AvgIpc) is 2.48. The molecule has 0 saturated heterocycles. The Morgan fingerprint density at radius 1 is 1.29 bits per heavy atom. The van der Waals surface area contributed by atoms with Gasteiger partial charge in [-0.1, -0.05) is 12.1 Å². The summed E-state index contributed by atoms with van der Waals surface area (Å²) in [6.07, 6.45) is 0. The molecule has 0 atom stereocenters. The zero-order valence-corrected chi connectivity index (χ0v) is 11.5. The molecule has 106 valence electrons. The van der Waals surface area contributed by atoms with Crippen LogP contribution in [0, 0.1) is 34.2 Å². The molecule has 0 spiro atoms. The summed E-state index contributed by atoms with van der Waals surface area (Å²) in [5.74, 6) is -0.632. The first-order chi connectivity index (χ1) is 9.95. The number of anilines is 2. The van der Waals surface area contributed by atoms with Crippen LogP contribution in [-0.4, -0.2) is 12.0 Å². The number of nitro groups is 1. The summed E-state index contributed by atoms with van der Waals surface area (Å²) >= 11 is 0. The third-order valence-corrected chi connectivity index (χ3v) is 3.20. The van der Waals surface area contributed by atoms with E-state index in [4.69, 9.17) is 5.26 Å². The molecule has 0 amide bonds. The summed E-state index contributed by atoms with van der Waals surface area (Å²) in [5, 5.41) is 20.2. The summed E-state index contributed by atoms with van der Waals surface area (Å²) in [5.41, 5.74) is 1.11. The van der Waals surface area contributed by atoms with E-state index >= 15 is 0 Å². The Hall–Kier alpha value is -2.94.